The van der Waals surface area contributed by atoms with Crippen molar-refractivity contribution in [2.45, 2.75) is 0 Å². The van der Waals surface area contributed by atoms with Gasteiger partial charge in [0.05, 0.1) is 24.8 Å². The summed E-state index contributed by atoms with van der Waals surface area (Å²) in [6, 6.07) is -0.634. The standard InChI is InChI=1S/C15H17N3O4/c1-3-6-16-13(19)10-4-5-11-12(9-10)17-15(21)18(14(11)20)7-8-22-2/h3-5,9,11H,1,6-8H2,2H3,(H,16,19). The molecule has 1 N–H and O–H groups in total. The monoisotopic (exact) mass is 303 g/mol. The minimum atomic E-state index is -0.634. The molecule has 7 nitrogen and oxygen atoms in total. The smallest absolute Gasteiger partial charge is 0.350 e. The number of hydrogen-bond acceptors (Lipinski definition) is 4. The minimum Gasteiger partial charge on any atom is -0.383 e. The molecule has 0 saturated carbocycles. The van der Waals surface area contributed by atoms with Crippen molar-refractivity contribution >= 4 is 23.6 Å². The summed E-state index contributed by atoms with van der Waals surface area (Å²) in [7, 11) is 1.49. The summed E-state index contributed by atoms with van der Waals surface area (Å²) in [5, 5.41) is 2.63. The third kappa shape index (κ3) is 3.20. The number of imide groups is 1. The number of carbonyl (C=O) groups excluding carboxylic acids is 3. The van der Waals surface area contributed by atoms with E-state index >= 15 is 0 Å². The highest BCUT2D eigenvalue weighted by atomic mass is 16.5. The molecule has 0 fully saturated rings. The van der Waals surface area contributed by atoms with Gasteiger partial charge in [-0.2, -0.15) is 4.99 Å². The minimum absolute atomic E-state index is 0.158. The third-order valence-corrected chi connectivity index (χ3v) is 3.27. The summed E-state index contributed by atoms with van der Waals surface area (Å²) in [6.07, 6.45) is 6.17. The van der Waals surface area contributed by atoms with Gasteiger partial charge in [0, 0.05) is 19.2 Å². The molecule has 2 rings (SSSR count). The van der Waals surface area contributed by atoms with Gasteiger partial charge in [0.1, 0.15) is 0 Å². The van der Waals surface area contributed by atoms with Gasteiger partial charge < -0.3 is 10.1 Å². The van der Waals surface area contributed by atoms with Crippen LogP contribution in [0.1, 0.15) is 0 Å². The number of amides is 4. The number of methoxy groups -OCH3 is 1. The SMILES string of the molecule is C=CCNC(=O)C1=CC2=NC(=O)N(CCOC)C(=O)C2C=C1. The van der Waals surface area contributed by atoms with E-state index in [-0.39, 0.29) is 30.7 Å². The van der Waals surface area contributed by atoms with Crippen LogP contribution in [-0.2, 0) is 14.3 Å². The summed E-state index contributed by atoms with van der Waals surface area (Å²) in [5.41, 5.74) is 0.637. The molecule has 0 aromatic heterocycles. The Bertz CT molecular complexity index is 604. The van der Waals surface area contributed by atoms with Crippen molar-refractivity contribution in [3.8, 4) is 0 Å². The zero-order chi connectivity index (χ0) is 16.1. The summed E-state index contributed by atoms with van der Waals surface area (Å²) in [6.45, 7) is 4.26. The van der Waals surface area contributed by atoms with Crippen LogP contribution in [0.5, 0.6) is 0 Å². The number of nitrogens with one attached hydrogen (secondary N) is 1. The lowest BCUT2D eigenvalue weighted by molar-refractivity contribution is -0.130. The molecule has 4 amide bonds. The van der Waals surface area contributed by atoms with E-state index in [4.69, 9.17) is 4.74 Å². The zero-order valence-electron chi connectivity index (χ0n) is 12.2. The molecule has 0 radical (unpaired) electrons. The number of urea groups is 1. The molecule has 0 bridgehead atoms. The second kappa shape index (κ2) is 6.95. The Morgan fingerprint density at radius 2 is 2.32 bits per heavy atom. The van der Waals surface area contributed by atoms with Gasteiger partial charge in [0.25, 0.3) is 5.91 Å². The fourth-order valence-corrected chi connectivity index (χ4v) is 2.14. The number of hydrogen-bond donors (Lipinski definition) is 1. The maximum absolute atomic E-state index is 12.3. The van der Waals surface area contributed by atoms with Gasteiger partial charge in [-0.25, -0.2) is 4.79 Å². The van der Waals surface area contributed by atoms with E-state index in [1.807, 2.05) is 0 Å². The predicted molar refractivity (Wildman–Crippen MR) is 80.3 cm³/mol. The summed E-state index contributed by atoms with van der Waals surface area (Å²) in [4.78, 5) is 41.0. The Morgan fingerprint density at radius 3 is 3.00 bits per heavy atom. The molecule has 0 spiro atoms. The first-order valence-corrected chi connectivity index (χ1v) is 6.80. The molecule has 1 aliphatic carbocycles. The maximum atomic E-state index is 12.3. The molecule has 7 heteroatoms. The lowest BCUT2D eigenvalue weighted by Crippen LogP contribution is -2.47. The number of nitrogens with zero attached hydrogens (tertiary/aromatic N) is 2. The van der Waals surface area contributed by atoms with Gasteiger partial charge in [-0.1, -0.05) is 18.2 Å². The lowest BCUT2D eigenvalue weighted by atomic mass is 9.91. The average molecular weight is 303 g/mol. The van der Waals surface area contributed by atoms with E-state index in [1.54, 1.807) is 18.2 Å². The Labute approximate surface area is 128 Å². The third-order valence-electron chi connectivity index (χ3n) is 3.27. The van der Waals surface area contributed by atoms with Gasteiger partial charge in [-0.15, -0.1) is 6.58 Å². The van der Waals surface area contributed by atoms with Crippen LogP contribution in [0.15, 0.2) is 41.4 Å². The van der Waals surface area contributed by atoms with Crippen LogP contribution in [0.25, 0.3) is 0 Å². The van der Waals surface area contributed by atoms with Gasteiger partial charge in [-0.3, -0.25) is 14.5 Å². The lowest BCUT2D eigenvalue weighted by Gasteiger charge is -2.28. The molecule has 22 heavy (non-hydrogen) atoms. The zero-order valence-corrected chi connectivity index (χ0v) is 12.2. The van der Waals surface area contributed by atoms with E-state index in [0.29, 0.717) is 12.1 Å². The van der Waals surface area contributed by atoms with E-state index in [1.165, 1.54) is 13.2 Å². The summed E-state index contributed by atoms with van der Waals surface area (Å²) >= 11 is 0. The summed E-state index contributed by atoms with van der Waals surface area (Å²) < 4.78 is 4.88. The predicted octanol–water partition coefficient (Wildman–Crippen LogP) is 0.451. The van der Waals surface area contributed by atoms with Crippen molar-refractivity contribution in [1.82, 2.24) is 10.2 Å². The first-order valence-electron chi connectivity index (χ1n) is 6.80. The largest absolute Gasteiger partial charge is 0.383 e. The Hall–Kier alpha value is -2.54. The van der Waals surface area contributed by atoms with E-state index in [2.05, 4.69) is 16.9 Å². The maximum Gasteiger partial charge on any atom is 0.350 e. The van der Waals surface area contributed by atoms with Crippen LogP contribution in [0.2, 0.25) is 0 Å². The first-order chi connectivity index (χ1) is 10.6. The molecular formula is C15H17N3O4. The van der Waals surface area contributed by atoms with Crippen LogP contribution in [0.4, 0.5) is 4.79 Å². The molecule has 1 atom stereocenters. The first kappa shape index (κ1) is 15.8. The van der Waals surface area contributed by atoms with Crippen molar-refractivity contribution in [3.63, 3.8) is 0 Å². The van der Waals surface area contributed by atoms with Crippen molar-refractivity contribution in [2.75, 3.05) is 26.8 Å². The molecule has 0 aromatic carbocycles. The highest BCUT2D eigenvalue weighted by Crippen LogP contribution is 2.22. The van der Waals surface area contributed by atoms with Crippen molar-refractivity contribution in [3.05, 3.63) is 36.5 Å². The number of fused-ring (bicyclic) bond motifs is 1. The number of aliphatic imine (C=N–C) groups is 1. The van der Waals surface area contributed by atoms with Crippen LogP contribution >= 0.6 is 0 Å². The molecule has 1 unspecified atom stereocenters. The van der Waals surface area contributed by atoms with E-state index < -0.39 is 11.9 Å². The van der Waals surface area contributed by atoms with Gasteiger partial charge in [-0.05, 0) is 6.08 Å². The van der Waals surface area contributed by atoms with Crippen LogP contribution in [0, 0.1) is 5.92 Å². The number of ether oxygens (including phenoxy) is 1. The normalized spacial score (nSPS) is 20.2. The second-order valence-electron chi connectivity index (χ2n) is 4.74. The Balaban J connectivity index is 2.19. The topological polar surface area (TPSA) is 88.1 Å². The number of allylic oxidation sites excluding steroid dienone is 1. The summed E-state index contributed by atoms with van der Waals surface area (Å²) in [5.74, 6) is -1.30. The molecule has 2 aliphatic rings. The fraction of sp³-hybridized carbons (Fsp3) is 0.333. The highest BCUT2D eigenvalue weighted by Gasteiger charge is 2.36. The molecule has 1 heterocycles. The number of rotatable bonds is 6. The van der Waals surface area contributed by atoms with Gasteiger partial charge in [0.2, 0.25) is 5.91 Å². The molecule has 116 valence electrons. The van der Waals surface area contributed by atoms with E-state index in [9.17, 15) is 14.4 Å². The van der Waals surface area contributed by atoms with Crippen molar-refractivity contribution in [1.29, 1.82) is 0 Å². The number of carbonyl (C=O) groups is 3. The van der Waals surface area contributed by atoms with E-state index in [0.717, 1.165) is 4.90 Å². The Morgan fingerprint density at radius 1 is 1.55 bits per heavy atom. The van der Waals surface area contributed by atoms with Gasteiger partial charge in [0.15, 0.2) is 0 Å². The Kier molecular flexibility index (Phi) is 5.00. The molecule has 1 aliphatic heterocycles. The van der Waals surface area contributed by atoms with Crippen molar-refractivity contribution in [2.24, 2.45) is 10.9 Å². The molecule has 0 saturated heterocycles. The highest BCUT2D eigenvalue weighted by molar-refractivity contribution is 6.23. The molecular weight excluding hydrogens is 286 g/mol. The van der Waals surface area contributed by atoms with Crippen molar-refractivity contribution < 1.29 is 19.1 Å². The second-order valence-corrected chi connectivity index (χ2v) is 4.74. The quantitative estimate of drug-likeness (QED) is 0.722. The van der Waals surface area contributed by atoms with Gasteiger partial charge >= 0.3 is 6.03 Å². The fourth-order valence-electron chi connectivity index (χ4n) is 2.14. The average Bonchev–Trinajstić information content (AvgIpc) is 2.51. The van der Waals surface area contributed by atoms with Crippen LogP contribution in [-0.4, -0.2) is 55.3 Å². The van der Waals surface area contributed by atoms with Crippen LogP contribution < -0.4 is 5.32 Å². The molecule has 0 aromatic rings. The van der Waals surface area contributed by atoms with Crippen LogP contribution in [0.3, 0.4) is 0 Å².